The lowest BCUT2D eigenvalue weighted by molar-refractivity contribution is -0.153. The maximum atomic E-state index is 13.9. The molecule has 0 radical (unpaired) electrons. The van der Waals surface area contributed by atoms with E-state index in [0.29, 0.717) is 5.52 Å². The van der Waals surface area contributed by atoms with Gasteiger partial charge in [-0.15, -0.1) is 4.72 Å². The van der Waals surface area contributed by atoms with E-state index in [4.69, 9.17) is 0 Å². The number of nitrogens with zero attached hydrogens (tertiary/aromatic N) is 3. The number of hydrogen-bond acceptors (Lipinski definition) is 6. The first-order valence-electron chi connectivity index (χ1n) is 12.0. The summed E-state index contributed by atoms with van der Waals surface area (Å²) in [4.78, 5) is 15.4. The van der Waals surface area contributed by atoms with Crippen molar-refractivity contribution in [1.82, 2.24) is 19.5 Å². The van der Waals surface area contributed by atoms with Gasteiger partial charge < -0.3 is 14.9 Å². The average Bonchev–Trinajstić information content (AvgIpc) is 3.20. The fourth-order valence-electron chi connectivity index (χ4n) is 4.53. The van der Waals surface area contributed by atoms with E-state index in [9.17, 15) is 27.8 Å². The van der Waals surface area contributed by atoms with Crippen molar-refractivity contribution in [3.63, 3.8) is 0 Å². The van der Waals surface area contributed by atoms with Crippen LogP contribution in [0.15, 0.2) is 41.3 Å². The van der Waals surface area contributed by atoms with E-state index < -0.39 is 33.9 Å². The number of nitrogens with one attached hydrogen (secondary N) is 3. The van der Waals surface area contributed by atoms with Crippen molar-refractivity contribution in [3.8, 4) is 6.07 Å². The van der Waals surface area contributed by atoms with Crippen LogP contribution in [0.3, 0.4) is 0 Å². The Morgan fingerprint density at radius 3 is 2.65 bits per heavy atom. The topological polar surface area (TPSA) is 122 Å². The quantitative estimate of drug-likeness (QED) is 0.365. The molecule has 0 aliphatic heterocycles. The van der Waals surface area contributed by atoms with E-state index in [-0.39, 0.29) is 34.4 Å². The van der Waals surface area contributed by atoms with Gasteiger partial charge in [0.25, 0.3) is 5.56 Å². The second kappa shape index (κ2) is 10.4. The van der Waals surface area contributed by atoms with Crippen molar-refractivity contribution in [3.05, 3.63) is 52.4 Å². The smallest absolute Gasteiger partial charge is 0.412 e. The summed E-state index contributed by atoms with van der Waals surface area (Å²) in [5, 5.41) is 17.5. The maximum absolute atomic E-state index is 13.9. The summed E-state index contributed by atoms with van der Waals surface area (Å²) in [6.45, 7) is 4.76. The molecule has 1 aromatic carbocycles. The Bertz CT molecular complexity index is 1360. The molecular weight excluding hydrogens is 505 g/mol. The van der Waals surface area contributed by atoms with Crippen molar-refractivity contribution in [2.24, 2.45) is 5.92 Å². The van der Waals surface area contributed by atoms with Crippen LogP contribution in [-0.4, -0.2) is 30.2 Å². The molecule has 2 heterocycles. The number of rotatable bonds is 6. The number of fused-ring (bicyclic) bond motifs is 1. The van der Waals surface area contributed by atoms with E-state index in [1.54, 1.807) is 37.6 Å². The molecule has 4 rings (SSSR count). The van der Waals surface area contributed by atoms with Crippen LogP contribution < -0.4 is 15.6 Å². The number of benzene rings is 1. The van der Waals surface area contributed by atoms with Crippen LogP contribution in [0.5, 0.6) is 0 Å². The van der Waals surface area contributed by atoms with Crippen LogP contribution in [0.25, 0.3) is 10.9 Å². The molecule has 0 amide bonds. The SMILES string of the molecule is CC(C)(C)[S+]([O-])N[C@H](c1cccc(Nc2nn([C@H]3CCCC[C@@H]3C#N)c3cc[nH]c(=O)c23)c1)C(F)(F)F. The number of halogens is 3. The third-order valence-electron chi connectivity index (χ3n) is 6.43. The molecule has 1 unspecified atom stereocenters. The van der Waals surface area contributed by atoms with Gasteiger partial charge in [0, 0.05) is 23.2 Å². The molecule has 1 aliphatic rings. The maximum Gasteiger partial charge on any atom is 0.412 e. The van der Waals surface area contributed by atoms with Gasteiger partial charge in [0.15, 0.2) is 11.9 Å². The molecule has 1 fully saturated rings. The third kappa shape index (κ3) is 5.79. The predicted molar refractivity (Wildman–Crippen MR) is 137 cm³/mol. The first-order valence-corrected chi connectivity index (χ1v) is 13.2. The summed E-state index contributed by atoms with van der Waals surface area (Å²) in [5.41, 5.74) is 0.294. The highest BCUT2D eigenvalue weighted by molar-refractivity contribution is 7.90. The number of pyridine rings is 1. The van der Waals surface area contributed by atoms with E-state index >= 15 is 0 Å². The second-order valence-corrected chi connectivity index (χ2v) is 12.2. The van der Waals surface area contributed by atoms with Crippen LogP contribution in [0.2, 0.25) is 0 Å². The van der Waals surface area contributed by atoms with Gasteiger partial charge in [-0.25, -0.2) is 0 Å². The minimum atomic E-state index is -4.70. The molecular formula is C25H29F3N6O2S. The van der Waals surface area contributed by atoms with Crippen LogP contribution in [0.1, 0.15) is 64.1 Å². The molecule has 12 heteroatoms. The van der Waals surface area contributed by atoms with Crippen molar-refractivity contribution < 1.29 is 17.7 Å². The van der Waals surface area contributed by atoms with Crippen LogP contribution >= 0.6 is 0 Å². The highest BCUT2D eigenvalue weighted by Crippen LogP contribution is 2.38. The van der Waals surface area contributed by atoms with E-state index in [1.165, 1.54) is 24.4 Å². The Balaban J connectivity index is 1.72. The molecule has 37 heavy (non-hydrogen) atoms. The molecule has 0 bridgehead atoms. The van der Waals surface area contributed by atoms with Gasteiger partial charge in [0.2, 0.25) is 0 Å². The fraction of sp³-hybridized carbons (Fsp3) is 0.480. The Morgan fingerprint density at radius 2 is 1.97 bits per heavy atom. The van der Waals surface area contributed by atoms with Crippen molar-refractivity contribution >= 4 is 33.8 Å². The first-order chi connectivity index (χ1) is 17.4. The lowest BCUT2D eigenvalue weighted by atomic mass is 9.85. The van der Waals surface area contributed by atoms with Gasteiger partial charge in [-0.1, -0.05) is 25.0 Å². The van der Waals surface area contributed by atoms with E-state index in [0.717, 1.165) is 25.7 Å². The summed E-state index contributed by atoms with van der Waals surface area (Å²) in [6, 6.07) is 7.30. The zero-order valence-corrected chi connectivity index (χ0v) is 21.5. The lowest BCUT2D eigenvalue weighted by Crippen LogP contribution is -2.45. The van der Waals surface area contributed by atoms with Crippen LogP contribution in [0.4, 0.5) is 24.7 Å². The highest BCUT2D eigenvalue weighted by atomic mass is 32.2. The minimum absolute atomic E-state index is 0.135. The Kier molecular flexibility index (Phi) is 7.60. The Hall–Kier alpha value is -3.01. The van der Waals surface area contributed by atoms with Gasteiger partial charge in [-0.05, 0) is 57.4 Å². The molecule has 4 atom stereocenters. The normalized spacial score (nSPS) is 20.4. The van der Waals surface area contributed by atoms with Gasteiger partial charge in [-0.3, -0.25) is 9.48 Å². The zero-order valence-electron chi connectivity index (χ0n) is 20.7. The average molecular weight is 535 g/mol. The monoisotopic (exact) mass is 534 g/mol. The number of nitriles is 1. The zero-order chi connectivity index (χ0) is 27.0. The first kappa shape index (κ1) is 27.0. The molecule has 1 aliphatic carbocycles. The van der Waals surface area contributed by atoms with Crippen molar-refractivity contribution in [2.45, 2.75) is 69.5 Å². The van der Waals surface area contributed by atoms with Gasteiger partial charge in [0.1, 0.15) is 10.1 Å². The molecule has 2 aromatic heterocycles. The largest absolute Gasteiger partial charge is 0.598 e. The lowest BCUT2D eigenvalue weighted by Gasteiger charge is -2.29. The fourth-order valence-corrected chi connectivity index (χ4v) is 5.37. The summed E-state index contributed by atoms with van der Waals surface area (Å²) in [5.74, 6) is -0.0688. The van der Waals surface area contributed by atoms with Crippen molar-refractivity contribution in [1.29, 1.82) is 5.26 Å². The summed E-state index contributed by atoms with van der Waals surface area (Å²) in [6.07, 6.45) is 0.157. The number of hydrogen-bond donors (Lipinski definition) is 3. The summed E-state index contributed by atoms with van der Waals surface area (Å²) in [7, 11) is 0. The predicted octanol–water partition coefficient (Wildman–Crippen LogP) is 5.38. The second-order valence-electron chi connectivity index (χ2n) is 10.2. The number of alkyl halides is 3. The summed E-state index contributed by atoms with van der Waals surface area (Å²) < 4.78 is 57.3. The Morgan fingerprint density at radius 1 is 1.24 bits per heavy atom. The third-order valence-corrected chi connectivity index (χ3v) is 7.99. The van der Waals surface area contributed by atoms with E-state index in [2.05, 4.69) is 26.2 Å². The molecule has 3 aromatic rings. The minimum Gasteiger partial charge on any atom is -0.598 e. The number of aromatic nitrogens is 3. The van der Waals surface area contributed by atoms with E-state index in [1.807, 2.05) is 0 Å². The molecule has 1 saturated carbocycles. The highest BCUT2D eigenvalue weighted by Gasteiger charge is 2.45. The summed E-state index contributed by atoms with van der Waals surface area (Å²) >= 11 is -1.96. The van der Waals surface area contributed by atoms with Gasteiger partial charge in [0.05, 0.1) is 23.5 Å². The Labute approximate surface area is 215 Å². The van der Waals surface area contributed by atoms with Crippen LogP contribution in [-0.2, 0) is 11.4 Å². The number of H-pyrrole nitrogens is 1. The molecule has 8 nitrogen and oxygen atoms in total. The molecule has 0 saturated heterocycles. The molecule has 0 spiro atoms. The number of anilines is 2. The van der Waals surface area contributed by atoms with Gasteiger partial charge >= 0.3 is 6.18 Å². The standard InChI is InChI=1S/C25H29F3N6O2S/c1-24(2,3)37(36)33-21(25(26,27)28)15-8-6-9-17(13-15)31-22-20-19(11-12-30-23(20)35)34(32-22)18-10-5-4-7-16(18)14-29/h6,8-9,11-13,16,18,21,33H,4-5,7,10H2,1-3H3,(H,30,35)(H,31,32)/t16-,18+,21-,37?/m1/s1. The van der Waals surface area contributed by atoms with Crippen molar-refractivity contribution in [2.75, 3.05) is 5.32 Å². The van der Waals surface area contributed by atoms with Crippen LogP contribution in [0, 0.1) is 17.2 Å². The molecule has 198 valence electrons. The molecule has 3 N–H and O–H groups in total. The van der Waals surface area contributed by atoms with Gasteiger partial charge in [-0.2, -0.15) is 23.5 Å². The number of aromatic amines is 1.